The van der Waals surface area contributed by atoms with Crippen LogP contribution in [0.15, 0.2) is 24.3 Å². The molecule has 0 amide bonds. The smallest absolute Gasteiger partial charge is 0.344 e. The van der Waals surface area contributed by atoms with Gasteiger partial charge in [0, 0.05) is 20.0 Å². The van der Waals surface area contributed by atoms with Crippen LogP contribution in [-0.2, 0) is 35.6 Å². The van der Waals surface area contributed by atoms with E-state index < -0.39 is 16.0 Å². The molecule has 0 fully saturated rings. The van der Waals surface area contributed by atoms with Gasteiger partial charge in [0.15, 0.2) is 6.61 Å². The SMILES string of the molecule is CCCCCC(CCCN(Cc1ccc(OCC(=O)OCC)cc1)S(C)(=O)=O)OC(C)=O. The van der Waals surface area contributed by atoms with E-state index in [9.17, 15) is 18.0 Å². The third kappa shape index (κ3) is 12.0. The lowest BCUT2D eigenvalue weighted by Crippen LogP contribution is -2.31. The van der Waals surface area contributed by atoms with Gasteiger partial charge in [-0.15, -0.1) is 0 Å². The van der Waals surface area contributed by atoms with E-state index in [0.717, 1.165) is 31.2 Å². The maximum absolute atomic E-state index is 12.3. The summed E-state index contributed by atoms with van der Waals surface area (Å²) < 4.78 is 41.5. The molecule has 0 radical (unpaired) electrons. The van der Waals surface area contributed by atoms with E-state index in [1.54, 1.807) is 31.2 Å². The number of hydrogen-bond acceptors (Lipinski definition) is 7. The number of hydrogen-bond donors (Lipinski definition) is 0. The number of unbranched alkanes of at least 4 members (excludes halogenated alkanes) is 2. The number of nitrogens with zero attached hydrogens (tertiary/aromatic N) is 1. The summed E-state index contributed by atoms with van der Waals surface area (Å²) in [5.74, 6) is -0.248. The number of sulfonamides is 1. The average molecular weight is 472 g/mol. The molecule has 0 spiro atoms. The lowest BCUT2D eigenvalue weighted by molar-refractivity contribution is -0.147. The highest BCUT2D eigenvalue weighted by atomic mass is 32.2. The van der Waals surface area contributed by atoms with Crippen molar-refractivity contribution in [3.8, 4) is 5.75 Å². The highest BCUT2D eigenvalue weighted by molar-refractivity contribution is 7.88. The van der Waals surface area contributed by atoms with E-state index in [1.807, 2.05) is 0 Å². The van der Waals surface area contributed by atoms with Crippen LogP contribution in [0.3, 0.4) is 0 Å². The quantitative estimate of drug-likeness (QED) is 0.268. The molecule has 0 aliphatic carbocycles. The van der Waals surface area contributed by atoms with Crippen LogP contribution in [0.1, 0.15) is 64.9 Å². The Labute approximate surface area is 192 Å². The molecule has 1 aromatic rings. The van der Waals surface area contributed by atoms with Crippen LogP contribution < -0.4 is 4.74 Å². The Balaban J connectivity index is 2.63. The molecule has 182 valence electrons. The molecular formula is C23H37NO7S. The van der Waals surface area contributed by atoms with Gasteiger partial charge in [0.25, 0.3) is 0 Å². The van der Waals surface area contributed by atoms with Crippen molar-refractivity contribution in [2.45, 2.75) is 71.9 Å². The summed E-state index contributed by atoms with van der Waals surface area (Å²) in [6.07, 6.45) is 6.15. The van der Waals surface area contributed by atoms with E-state index in [2.05, 4.69) is 6.92 Å². The molecule has 0 aliphatic heterocycles. The normalized spacial score (nSPS) is 12.4. The molecule has 0 N–H and O–H groups in total. The number of benzene rings is 1. The molecule has 0 heterocycles. The maximum atomic E-state index is 12.3. The molecule has 9 heteroatoms. The first-order valence-corrected chi connectivity index (χ1v) is 13.0. The second kappa shape index (κ2) is 14.8. The number of rotatable bonds is 16. The first-order valence-electron chi connectivity index (χ1n) is 11.1. The van der Waals surface area contributed by atoms with E-state index in [-0.39, 0.29) is 25.2 Å². The predicted octanol–water partition coefficient (Wildman–Crippen LogP) is 3.68. The van der Waals surface area contributed by atoms with Gasteiger partial charge in [-0.25, -0.2) is 13.2 Å². The lowest BCUT2D eigenvalue weighted by atomic mass is 10.1. The predicted molar refractivity (Wildman–Crippen MR) is 123 cm³/mol. The molecule has 0 bridgehead atoms. The molecular weight excluding hydrogens is 434 g/mol. The zero-order chi connectivity index (χ0) is 24.0. The van der Waals surface area contributed by atoms with Gasteiger partial charge in [-0.1, -0.05) is 31.9 Å². The number of esters is 2. The second-order valence-electron chi connectivity index (χ2n) is 7.70. The Hall–Kier alpha value is -2.13. The van der Waals surface area contributed by atoms with Crippen LogP contribution in [0, 0.1) is 0 Å². The van der Waals surface area contributed by atoms with Gasteiger partial charge in [-0.3, -0.25) is 4.79 Å². The Morgan fingerprint density at radius 3 is 2.25 bits per heavy atom. The first-order chi connectivity index (χ1) is 15.2. The van der Waals surface area contributed by atoms with Crippen LogP contribution in [0.2, 0.25) is 0 Å². The number of ether oxygens (including phenoxy) is 3. The lowest BCUT2D eigenvalue weighted by Gasteiger charge is -2.22. The highest BCUT2D eigenvalue weighted by Crippen LogP contribution is 2.17. The third-order valence-electron chi connectivity index (χ3n) is 4.81. The van der Waals surface area contributed by atoms with Crippen molar-refractivity contribution in [3.05, 3.63) is 29.8 Å². The summed E-state index contributed by atoms with van der Waals surface area (Å²) in [4.78, 5) is 22.7. The minimum atomic E-state index is -3.41. The van der Waals surface area contributed by atoms with Crippen LogP contribution in [0.4, 0.5) is 0 Å². The van der Waals surface area contributed by atoms with Gasteiger partial charge in [0.2, 0.25) is 10.0 Å². The van der Waals surface area contributed by atoms with Gasteiger partial charge in [0.1, 0.15) is 11.9 Å². The highest BCUT2D eigenvalue weighted by Gasteiger charge is 2.19. The molecule has 32 heavy (non-hydrogen) atoms. The fraction of sp³-hybridized carbons (Fsp3) is 0.652. The van der Waals surface area contributed by atoms with Crippen molar-refractivity contribution >= 4 is 22.0 Å². The van der Waals surface area contributed by atoms with Crippen LogP contribution in [-0.4, -0.2) is 56.8 Å². The third-order valence-corrected chi connectivity index (χ3v) is 6.06. The largest absolute Gasteiger partial charge is 0.482 e. The zero-order valence-electron chi connectivity index (χ0n) is 19.7. The van der Waals surface area contributed by atoms with E-state index >= 15 is 0 Å². The minimum Gasteiger partial charge on any atom is -0.482 e. The maximum Gasteiger partial charge on any atom is 0.344 e. The average Bonchev–Trinajstić information content (AvgIpc) is 2.71. The van der Waals surface area contributed by atoms with Gasteiger partial charge in [0.05, 0.1) is 12.9 Å². The summed E-state index contributed by atoms with van der Waals surface area (Å²) in [6, 6.07) is 6.93. The molecule has 1 atom stereocenters. The van der Waals surface area contributed by atoms with E-state index in [4.69, 9.17) is 14.2 Å². The molecule has 0 aromatic heterocycles. The summed E-state index contributed by atoms with van der Waals surface area (Å²) in [6.45, 7) is 5.92. The molecule has 1 unspecified atom stereocenters. The van der Waals surface area contributed by atoms with Crippen LogP contribution in [0.5, 0.6) is 5.75 Å². The zero-order valence-corrected chi connectivity index (χ0v) is 20.5. The second-order valence-corrected chi connectivity index (χ2v) is 9.69. The molecule has 0 aliphatic rings. The summed E-state index contributed by atoms with van der Waals surface area (Å²) in [5, 5.41) is 0. The fourth-order valence-corrected chi connectivity index (χ4v) is 4.06. The van der Waals surface area contributed by atoms with Gasteiger partial charge >= 0.3 is 11.9 Å². The minimum absolute atomic E-state index is 0.176. The Kier molecular flexibility index (Phi) is 12.9. The molecule has 1 aromatic carbocycles. The Morgan fingerprint density at radius 2 is 1.69 bits per heavy atom. The van der Waals surface area contributed by atoms with Gasteiger partial charge < -0.3 is 14.2 Å². The standard InChI is InChI=1S/C23H37NO7S/c1-5-7-8-10-22(31-19(3)25)11-9-16-24(32(4,27)28)17-20-12-14-21(15-13-20)30-18-23(26)29-6-2/h12-15,22H,5-11,16-18H2,1-4H3. The van der Waals surface area contributed by atoms with Crippen LogP contribution in [0.25, 0.3) is 0 Å². The van der Waals surface area contributed by atoms with Gasteiger partial charge in [-0.2, -0.15) is 4.31 Å². The summed E-state index contributed by atoms with van der Waals surface area (Å²) >= 11 is 0. The number of carbonyl (C=O) groups excluding carboxylic acids is 2. The van der Waals surface area contributed by atoms with Crippen molar-refractivity contribution in [2.75, 3.05) is 26.0 Å². The van der Waals surface area contributed by atoms with Crippen molar-refractivity contribution < 1.29 is 32.2 Å². The molecule has 0 saturated carbocycles. The van der Waals surface area contributed by atoms with Crippen molar-refractivity contribution in [2.24, 2.45) is 0 Å². The monoisotopic (exact) mass is 471 g/mol. The molecule has 0 saturated heterocycles. The summed E-state index contributed by atoms with van der Waals surface area (Å²) in [7, 11) is -3.41. The Bertz CT molecular complexity index is 793. The van der Waals surface area contributed by atoms with E-state index in [1.165, 1.54) is 17.5 Å². The fourth-order valence-electron chi connectivity index (χ4n) is 3.22. The van der Waals surface area contributed by atoms with Crippen molar-refractivity contribution in [3.63, 3.8) is 0 Å². The first kappa shape index (κ1) is 27.9. The van der Waals surface area contributed by atoms with Gasteiger partial charge in [-0.05, 0) is 50.3 Å². The van der Waals surface area contributed by atoms with Crippen LogP contribution >= 0.6 is 0 Å². The topological polar surface area (TPSA) is 99.2 Å². The van der Waals surface area contributed by atoms with Crippen molar-refractivity contribution in [1.82, 2.24) is 4.31 Å². The molecule has 8 nitrogen and oxygen atoms in total. The number of carbonyl (C=O) groups is 2. The van der Waals surface area contributed by atoms with E-state index in [0.29, 0.717) is 31.7 Å². The Morgan fingerprint density at radius 1 is 1.03 bits per heavy atom. The molecule has 1 rings (SSSR count). The van der Waals surface area contributed by atoms with Crippen molar-refractivity contribution in [1.29, 1.82) is 0 Å². The summed E-state index contributed by atoms with van der Waals surface area (Å²) in [5.41, 5.74) is 0.804.